The molecule has 10 nitrogen and oxygen atoms in total. The van der Waals surface area contributed by atoms with Gasteiger partial charge in [0.1, 0.15) is 11.8 Å². The third kappa shape index (κ3) is 5.01. The van der Waals surface area contributed by atoms with Gasteiger partial charge in [-0.3, -0.25) is 29.8 Å². The fourth-order valence-electron chi connectivity index (χ4n) is 2.59. The topological polar surface area (TPSA) is 162 Å². The lowest BCUT2D eigenvalue weighted by atomic mass is 10.1. The molecule has 0 spiro atoms. The van der Waals surface area contributed by atoms with Crippen molar-refractivity contribution in [3.05, 3.63) is 68.6 Å². The summed E-state index contributed by atoms with van der Waals surface area (Å²) in [6.45, 7) is 0. The fourth-order valence-corrected chi connectivity index (χ4v) is 3.27. The summed E-state index contributed by atoms with van der Waals surface area (Å²) in [4.78, 5) is 44.7. The number of rotatable bonds is 7. The summed E-state index contributed by atoms with van der Waals surface area (Å²) in [6.07, 6.45) is 1.51. The van der Waals surface area contributed by atoms with Gasteiger partial charge in [-0.2, -0.15) is 0 Å². The number of imide groups is 1. The van der Waals surface area contributed by atoms with Gasteiger partial charge in [0.05, 0.1) is 9.83 Å². The zero-order chi connectivity index (χ0) is 21.8. The van der Waals surface area contributed by atoms with Crippen molar-refractivity contribution in [1.29, 1.82) is 0 Å². The molecule has 11 heteroatoms. The molecule has 0 saturated carbocycles. The fraction of sp³-hybridized carbons (Fsp3) is 0.105. The molecule has 1 saturated heterocycles. The molecule has 4 N–H and O–H groups in total. The number of nitro groups is 1. The highest BCUT2D eigenvalue weighted by Gasteiger charge is 2.25. The van der Waals surface area contributed by atoms with E-state index in [0.717, 1.165) is 0 Å². The molecule has 0 aromatic heterocycles. The normalized spacial score (nSPS) is 15.7. The van der Waals surface area contributed by atoms with E-state index in [4.69, 9.17) is 15.6 Å². The van der Waals surface area contributed by atoms with E-state index < -0.39 is 28.1 Å². The van der Waals surface area contributed by atoms with Gasteiger partial charge >= 0.3 is 11.7 Å². The first-order chi connectivity index (χ1) is 14.2. The molecule has 1 fully saturated rings. The van der Waals surface area contributed by atoms with Gasteiger partial charge in [-0.05, 0) is 53.6 Å². The molecular formula is C19H15N3O7S. The van der Waals surface area contributed by atoms with Crippen LogP contribution in [0.5, 0.6) is 11.5 Å². The Bertz CT molecular complexity index is 1070. The predicted molar refractivity (Wildman–Crippen MR) is 108 cm³/mol. The van der Waals surface area contributed by atoms with E-state index >= 15 is 0 Å². The average Bonchev–Trinajstić information content (AvgIpc) is 3.01. The largest absolute Gasteiger partial charge is 0.480 e. The minimum atomic E-state index is -1.11. The molecular weight excluding hydrogens is 414 g/mol. The summed E-state index contributed by atoms with van der Waals surface area (Å²) >= 11 is 0.711. The predicted octanol–water partition coefficient (Wildman–Crippen LogP) is 2.67. The molecule has 2 amide bonds. The van der Waals surface area contributed by atoms with Gasteiger partial charge in [-0.25, -0.2) is 0 Å². The average molecular weight is 429 g/mol. The van der Waals surface area contributed by atoms with Crippen molar-refractivity contribution in [1.82, 2.24) is 5.32 Å². The second-order valence-electron chi connectivity index (χ2n) is 6.23. The molecule has 1 heterocycles. The van der Waals surface area contributed by atoms with Crippen LogP contribution in [0.15, 0.2) is 47.4 Å². The number of amides is 2. The minimum absolute atomic E-state index is 0.0169. The number of nitrogens with one attached hydrogen (secondary N) is 1. The van der Waals surface area contributed by atoms with Crippen LogP contribution in [-0.4, -0.2) is 33.2 Å². The number of ether oxygens (including phenoxy) is 1. The van der Waals surface area contributed by atoms with E-state index in [-0.39, 0.29) is 22.8 Å². The molecule has 0 aliphatic carbocycles. The molecule has 30 heavy (non-hydrogen) atoms. The van der Waals surface area contributed by atoms with Crippen molar-refractivity contribution in [3.8, 4) is 11.5 Å². The van der Waals surface area contributed by atoms with E-state index in [9.17, 15) is 24.5 Å². The molecule has 0 radical (unpaired) electrons. The standard InChI is InChI=1S/C19H15N3O7S/c20-13(18(24)25)7-10-1-4-12(5-2-10)29-15-6-3-11(8-14(15)22(27)28)9-16-17(23)21-19(26)30-16/h1-6,8-9,13H,7,20H2,(H,24,25)(H,21,23,26). The van der Waals surface area contributed by atoms with Gasteiger partial charge in [-0.15, -0.1) is 0 Å². The number of nitrogens with zero attached hydrogens (tertiary/aromatic N) is 1. The van der Waals surface area contributed by atoms with Gasteiger partial charge in [0.25, 0.3) is 11.1 Å². The molecule has 0 bridgehead atoms. The molecule has 1 unspecified atom stereocenters. The van der Waals surface area contributed by atoms with E-state index in [1.165, 1.54) is 24.3 Å². The number of nitrogens with two attached hydrogens (primary N) is 1. The Morgan fingerprint density at radius 3 is 2.53 bits per heavy atom. The highest BCUT2D eigenvalue weighted by Crippen LogP contribution is 2.34. The monoisotopic (exact) mass is 429 g/mol. The van der Waals surface area contributed by atoms with Crippen molar-refractivity contribution in [3.63, 3.8) is 0 Å². The number of benzene rings is 2. The van der Waals surface area contributed by atoms with Gasteiger partial charge in [0.2, 0.25) is 5.75 Å². The smallest absolute Gasteiger partial charge is 0.320 e. The molecule has 154 valence electrons. The zero-order valence-corrected chi connectivity index (χ0v) is 16.0. The first kappa shape index (κ1) is 21.0. The Hall–Kier alpha value is -3.70. The van der Waals surface area contributed by atoms with Crippen molar-refractivity contribution in [2.24, 2.45) is 5.73 Å². The number of nitro benzene ring substituents is 1. The van der Waals surface area contributed by atoms with Crippen LogP contribution in [-0.2, 0) is 16.0 Å². The van der Waals surface area contributed by atoms with E-state index in [1.807, 2.05) is 0 Å². The second-order valence-corrected chi connectivity index (χ2v) is 7.25. The van der Waals surface area contributed by atoms with E-state index in [2.05, 4.69) is 5.32 Å². The van der Waals surface area contributed by atoms with Crippen molar-refractivity contribution in [2.75, 3.05) is 0 Å². The van der Waals surface area contributed by atoms with E-state index in [0.29, 0.717) is 28.6 Å². The van der Waals surface area contributed by atoms with Crippen LogP contribution in [0.2, 0.25) is 0 Å². The Morgan fingerprint density at radius 1 is 1.27 bits per heavy atom. The summed E-state index contributed by atoms with van der Waals surface area (Å²) < 4.78 is 5.59. The lowest BCUT2D eigenvalue weighted by Crippen LogP contribution is -2.32. The van der Waals surface area contributed by atoms with Gasteiger partial charge in [0.15, 0.2) is 0 Å². The Labute approximate surface area is 173 Å². The third-order valence-corrected chi connectivity index (χ3v) is 4.85. The summed E-state index contributed by atoms with van der Waals surface area (Å²) in [6, 6.07) is 9.45. The van der Waals surface area contributed by atoms with Gasteiger partial charge < -0.3 is 15.6 Å². The first-order valence-corrected chi connectivity index (χ1v) is 9.33. The van der Waals surface area contributed by atoms with Crippen LogP contribution < -0.4 is 15.8 Å². The number of aliphatic carboxylic acids is 1. The zero-order valence-electron chi connectivity index (χ0n) is 15.2. The quantitative estimate of drug-likeness (QED) is 0.341. The highest BCUT2D eigenvalue weighted by molar-refractivity contribution is 8.18. The number of carboxylic acid groups (broad SMARTS) is 1. The molecule has 2 aromatic carbocycles. The van der Waals surface area contributed by atoms with Crippen LogP contribution >= 0.6 is 11.8 Å². The summed E-state index contributed by atoms with van der Waals surface area (Å²) in [5, 5.41) is 21.9. The summed E-state index contributed by atoms with van der Waals surface area (Å²) in [7, 11) is 0. The number of thioether (sulfide) groups is 1. The number of hydrogen-bond donors (Lipinski definition) is 3. The van der Waals surface area contributed by atoms with Crippen LogP contribution in [0.3, 0.4) is 0 Å². The van der Waals surface area contributed by atoms with Crippen LogP contribution in [0, 0.1) is 10.1 Å². The summed E-state index contributed by atoms with van der Waals surface area (Å²) in [5.41, 5.74) is 6.21. The van der Waals surface area contributed by atoms with Crippen LogP contribution in [0.25, 0.3) is 6.08 Å². The maximum Gasteiger partial charge on any atom is 0.320 e. The maximum atomic E-state index is 11.6. The Balaban J connectivity index is 1.80. The minimum Gasteiger partial charge on any atom is -0.480 e. The SMILES string of the molecule is NC(Cc1ccc(Oc2ccc(C=C3SC(=O)NC3=O)cc2[N+](=O)[O-])cc1)C(=O)O. The van der Waals surface area contributed by atoms with E-state index in [1.54, 1.807) is 24.3 Å². The molecule has 1 atom stereocenters. The third-order valence-electron chi connectivity index (χ3n) is 4.04. The molecule has 1 aliphatic rings. The first-order valence-electron chi connectivity index (χ1n) is 8.51. The number of hydrogen-bond acceptors (Lipinski definition) is 8. The second kappa shape index (κ2) is 8.76. The van der Waals surface area contributed by atoms with Crippen molar-refractivity contribution < 1.29 is 29.2 Å². The van der Waals surface area contributed by atoms with Crippen LogP contribution in [0.1, 0.15) is 11.1 Å². The van der Waals surface area contributed by atoms with Gasteiger partial charge in [-0.1, -0.05) is 18.2 Å². The maximum absolute atomic E-state index is 11.6. The van der Waals surface area contributed by atoms with Crippen molar-refractivity contribution in [2.45, 2.75) is 12.5 Å². The molecule has 1 aliphatic heterocycles. The lowest BCUT2D eigenvalue weighted by Gasteiger charge is -2.09. The van der Waals surface area contributed by atoms with Crippen molar-refractivity contribution >= 4 is 40.6 Å². The Morgan fingerprint density at radius 2 is 1.97 bits per heavy atom. The number of carboxylic acids is 1. The van der Waals surface area contributed by atoms with Gasteiger partial charge in [0, 0.05) is 6.07 Å². The van der Waals surface area contributed by atoms with Crippen LogP contribution in [0.4, 0.5) is 10.5 Å². The molecule has 3 rings (SSSR count). The lowest BCUT2D eigenvalue weighted by molar-refractivity contribution is -0.385. The molecule has 2 aromatic rings. The number of carbonyl (C=O) groups is 3. The summed E-state index contributed by atoms with van der Waals surface area (Å²) in [5.74, 6) is -1.38. The number of carbonyl (C=O) groups excluding carboxylic acids is 2. The Kier molecular flexibility index (Phi) is 6.14. The highest BCUT2D eigenvalue weighted by atomic mass is 32.2.